The van der Waals surface area contributed by atoms with Gasteiger partial charge in [0, 0.05) is 38.8 Å². The normalized spacial score (nSPS) is 20.1. The van der Waals surface area contributed by atoms with E-state index in [-0.39, 0.29) is 18.0 Å². The largest absolute Gasteiger partial charge is 0.364 e. The smallest absolute Gasteiger partial charge is 0.317 e. The summed E-state index contributed by atoms with van der Waals surface area (Å²) in [6, 6.07) is 9.90. The van der Waals surface area contributed by atoms with E-state index in [0.717, 1.165) is 31.5 Å². The summed E-state index contributed by atoms with van der Waals surface area (Å²) in [6.07, 6.45) is 1.11. The lowest BCUT2D eigenvalue weighted by Crippen LogP contribution is -2.49. The van der Waals surface area contributed by atoms with E-state index in [4.69, 9.17) is 4.74 Å². The van der Waals surface area contributed by atoms with E-state index in [1.165, 1.54) is 0 Å². The Bertz CT molecular complexity index is 570. The number of nitrogens with zero attached hydrogens (tertiary/aromatic N) is 2. The molecule has 3 amide bonds. The van der Waals surface area contributed by atoms with Crippen molar-refractivity contribution in [2.75, 3.05) is 32.8 Å². The van der Waals surface area contributed by atoms with E-state index in [9.17, 15) is 9.59 Å². The molecular weight excluding hydrogens is 306 g/mol. The maximum absolute atomic E-state index is 12.9. The predicted molar refractivity (Wildman–Crippen MR) is 90.5 cm³/mol. The molecule has 0 radical (unpaired) electrons. The molecule has 0 bridgehead atoms. The van der Waals surface area contributed by atoms with Crippen molar-refractivity contribution >= 4 is 11.9 Å². The molecule has 24 heavy (non-hydrogen) atoms. The minimum Gasteiger partial charge on any atom is -0.364 e. The second-order valence-corrected chi connectivity index (χ2v) is 6.23. The van der Waals surface area contributed by atoms with Crippen molar-refractivity contribution in [2.45, 2.75) is 31.9 Å². The Morgan fingerprint density at radius 2 is 1.96 bits per heavy atom. The molecule has 2 saturated heterocycles. The molecule has 2 heterocycles. The molecule has 1 aromatic carbocycles. The van der Waals surface area contributed by atoms with Crippen LogP contribution in [0.2, 0.25) is 0 Å². The highest BCUT2D eigenvalue weighted by molar-refractivity contribution is 5.82. The lowest BCUT2D eigenvalue weighted by molar-refractivity contribution is -0.145. The van der Waals surface area contributed by atoms with Crippen LogP contribution in [0.3, 0.4) is 0 Å². The van der Waals surface area contributed by atoms with E-state index in [2.05, 4.69) is 5.32 Å². The van der Waals surface area contributed by atoms with E-state index in [1.54, 1.807) is 0 Å². The van der Waals surface area contributed by atoms with Crippen LogP contribution in [-0.4, -0.2) is 60.6 Å². The highest BCUT2D eigenvalue weighted by Gasteiger charge is 2.34. The molecule has 0 spiro atoms. The van der Waals surface area contributed by atoms with Crippen molar-refractivity contribution in [1.29, 1.82) is 0 Å². The molecule has 0 saturated carbocycles. The topological polar surface area (TPSA) is 61.9 Å². The molecule has 2 aliphatic heterocycles. The van der Waals surface area contributed by atoms with Gasteiger partial charge in [-0.25, -0.2) is 4.79 Å². The zero-order valence-corrected chi connectivity index (χ0v) is 14.1. The van der Waals surface area contributed by atoms with Crippen LogP contribution >= 0.6 is 0 Å². The standard InChI is InChI=1S/C18H25N3O3/c1-2-24-16(14-6-4-3-5-7-14)17(22)20-11-8-15(9-12-20)21-13-10-19-18(21)23/h3-7,15-16H,2,8-13H2,1H3,(H,19,23)/t16-/m0/s1. The minimum absolute atomic E-state index is 0.0207. The summed E-state index contributed by atoms with van der Waals surface area (Å²) in [6.45, 7) is 5.23. The van der Waals surface area contributed by atoms with Crippen LogP contribution < -0.4 is 5.32 Å². The number of carbonyl (C=O) groups excluding carboxylic acids is 2. The zero-order valence-electron chi connectivity index (χ0n) is 14.1. The zero-order chi connectivity index (χ0) is 16.9. The minimum atomic E-state index is -0.539. The van der Waals surface area contributed by atoms with Crippen LogP contribution in [0.15, 0.2) is 30.3 Å². The number of piperidine rings is 1. The number of ether oxygens (including phenoxy) is 1. The lowest BCUT2D eigenvalue weighted by atomic mass is 10.0. The fourth-order valence-electron chi connectivity index (χ4n) is 3.50. The highest BCUT2D eigenvalue weighted by Crippen LogP contribution is 2.24. The SMILES string of the molecule is CCO[C@H](C(=O)N1CCC(N2CCNC2=O)CC1)c1ccccc1. The first-order valence-electron chi connectivity index (χ1n) is 8.70. The molecular formula is C18H25N3O3. The van der Waals surface area contributed by atoms with Crippen LogP contribution in [0.1, 0.15) is 31.4 Å². The quantitative estimate of drug-likeness (QED) is 0.895. The van der Waals surface area contributed by atoms with Gasteiger partial charge >= 0.3 is 6.03 Å². The Balaban J connectivity index is 1.62. The molecule has 6 nitrogen and oxygen atoms in total. The Morgan fingerprint density at radius 3 is 2.54 bits per heavy atom. The number of hydrogen-bond acceptors (Lipinski definition) is 3. The maximum atomic E-state index is 12.9. The number of urea groups is 1. The maximum Gasteiger partial charge on any atom is 0.317 e. The second-order valence-electron chi connectivity index (χ2n) is 6.23. The number of benzene rings is 1. The van der Waals surface area contributed by atoms with Crippen molar-refractivity contribution in [3.05, 3.63) is 35.9 Å². The Morgan fingerprint density at radius 1 is 1.25 bits per heavy atom. The van der Waals surface area contributed by atoms with E-state index >= 15 is 0 Å². The van der Waals surface area contributed by atoms with Crippen molar-refractivity contribution < 1.29 is 14.3 Å². The first-order valence-corrected chi connectivity index (χ1v) is 8.70. The fraction of sp³-hybridized carbons (Fsp3) is 0.556. The molecule has 2 aliphatic rings. The average molecular weight is 331 g/mol. The molecule has 2 fully saturated rings. The molecule has 0 unspecified atom stereocenters. The van der Waals surface area contributed by atoms with Crippen LogP contribution in [0.25, 0.3) is 0 Å². The van der Waals surface area contributed by atoms with Gasteiger partial charge in [0.15, 0.2) is 6.10 Å². The fourth-order valence-corrected chi connectivity index (χ4v) is 3.50. The summed E-state index contributed by atoms with van der Waals surface area (Å²) in [5, 5.41) is 2.84. The number of likely N-dealkylation sites (tertiary alicyclic amines) is 1. The van der Waals surface area contributed by atoms with Gasteiger partial charge in [0.25, 0.3) is 5.91 Å². The van der Waals surface area contributed by atoms with Crippen LogP contribution in [-0.2, 0) is 9.53 Å². The number of amides is 3. The van der Waals surface area contributed by atoms with Gasteiger partial charge in [-0.2, -0.15) is 0 Å². The van der Waals surface area contributed by atoms with E-state index in [0.29, 0.717) is 19.7 Å². The van der Waals surface area contributed by atoms with E-state index < -0.39 is 6.10 Å². The molecule has 1 atom stereocenters. The first-order chi connectivity index (χ1) is 11.7. The van der Waals surface area contributed by atoms with Gasteiger partial charge in [0.1, 0.15) is 0 Å². The van der Waals surface area contributed by atoms with Crippen LogP contribution in [0.5, 0.6) is 0 Å². The number of nitrogens with one attached hydrogen (secondary N) is 1. The van der Waals surface area contributed by atoms with Gasteiger partial charge in [0.05, 0.1) is 0 Å². The van der Waals surface area contributed by atoms with Gasteiger partial charge in [-0.3, -0.25) is 4.79 Å². The Kier molecular flexibility index (Phi) is 5.35. The van der Waals surface area contributed by atoms with Gasteiger partial charge < -0.3 is 19.9 Å². The summed E-state index contributed by atoms with van der Waals surface area (Å²) in [5.74, 6) is 0.0207. The summed E-state index contributed by atoms with van der Waals surface area (Å²) in [7, 11) is 0. The third kappa shape index (κ3) is 3.53. The van der Waals surface area contributed by atoms with Gasteiger partial charge in [-0.05, 0) is 25.3 Å². The first kappa shape index (κ1) is 16.8. The summed E-state index contributed by atoms with van der Waals surface area (Å²) in [5.41, 5.74) is 0.894. The second kappa shape index (κ2) is 7.66. The molecule has 1 aromatic rings. The molecule has 130 valence electrons. The number of carbonyl (C=O) groups is 2. The van der Waals surface area contributed by atoms with Crippen molar-refractivity contribution in [3.8, 4) is 0 Å². The van der Waals surface area contributed by atoms with Crippen LogP contribution in [0, 0.1) is 0 Å². The van der Waals surface area contributed by atoms with Crippen molar-refractivity contribution in [1.82, 2.24) is 15.1 Å². The monoisotopic (exact) mass is 331 g/mol. The molecule has 0 aliphatic carbocycles. The van der Waals surface area contributed by atoms with Gasteiger partial charge in [0.2, 0.25) is 0 Å². The predicted octanol–water partition coefficient (Wildman–Crippen LogP) is 1.78. The summed E-state index contributed by atoms with van der Waals surface area (Å²) < 4.78 is 5.72. The molecule has 0 aromatic heterocycles. The lowest BCUT2D eigenvalue weighted by Gasteiger charge is -2.37. The molecule has 3 rings (SSSR count). The molecule has 1 N–H and O–H groups in total. The molecule has 6 heteroatoms. The summed E-state index contributed by atoms with van der Waals surface area (Å²) >= 11 is 0. The van der Waals surface area contributed by atoms with Crippen molar-refractivity contribution in [2.24, 2.45) is 0 Å². The van der Waals surface area contributed by atoms with Crippen molar-refractivity contribution in [3.63, 3.8) is 0 Å². The van der Waals surface area contributed by atoms with Crippen LogP contribution in [0.4, 0.5) is 4.79 Å². The average Bonchev–Trinajstić information content (AvgIpc) is 3.06. The number of hydrogen-bond donors (Lipinski definition) is 1. The highest BCUT2D eigenvalue weighted by atomic mass is 16.5. The Labute approximate surface area is 142 Å². The Hall–Kier alpha value is -2.08. The third-order valence-corrected chi connectivity index (χ3v) is 4.77. The third-order valence-electron chi connectivity index (χ3n) is 4.77. The van der Waals surface area contributed by atoms with E-state index in [1.807, 2.05) is 47.1 Å². The van der Waals surface area contributed by atoms with Gasteiger partial charge in [-0.1, -0.05) is 30.3 Å². The van der Waals surface area contributed by atoms with Gasteiger partial charge in [-0.15, -0.1) is 0 Å². The number of rotatable bonds is 5. The summed E-state index contributed by atoms with van der Waals surface area (Å²) in [4.78, 5) is 28.4.